The van der Waals surface area contributed by atoms with Crippen LogP contribution in [0, 0.1) is 10.1 Å². The van der Waals surface area contributed by atoms with Gasteiger partial charge in [-0.05, 0) is 52.5 Å². The molecule has 10 heteroatoms. The van der Waals surface area contributed by atoms with Gasteiger partial charge in [0.15, 0.2) is 0 Å². The van der Waals surface area contributed by atoms with E-state index in [9.17, 15) is 10.1 Å². The molecular weight excluding hydrogens is 372 g/mol. The van der Waals surface area contributed by atoms with Crippen LogP contribution in [0.3, 0.4) is 0 Å². The van der Waals surface area contributed by atoms with Crippen LogP contribution in [0.15, 0.2) is 57.3 Å². The number of nitrogens with zero attached hydrogens (tertiary/aromatic N) is 6. The van der Waals surface area contributed by atoms with Gasteiger partial charge < -0.3 is 0 Å². The smallest absolute Gasteiger partial charge is 0.258 e. The Hall–Kier alpha value is -2.33. The van der Waals surface area contributed by atoms with Gasteiger partial charge in [-0.15, -0.1) is 5.10 Å². The van der Waals surface area contributed by atoms with Crippen LogP contribution in [0.4, 0.5) is 5.69 Å². The summed E-state index contributed by atoms with van der Waals surface area (Å²) in [6, 6.07) is 10.5. The molecule has 22 heavy (non-hydrogen) atoms. The highest BCUT2D eigenvalue weighted by atomic mass is 79.9. The molecule has 0 fully saturated rings. The molecule has 0 N–H and O–H groups in total. The Morgan fingerprint density at radius 1 is 1.18 bits per heavy atom. The molecule has 0 bridgehead atoms. The van der Waals surface area contributed by atoms with Crippen LogP contribution in [-0.4, -0.2) is 30.1 Å². The van der Waals surface area contributed by atoms with Crippen LogP contribution in [0.25, 0.3) is 5.69 Å². The van der Waals surface area contributed by atoms with E-state index in [2.05, 4.69) is 36.4 Å². The lowest BCUT2D eigenvalue weighted by Gasteiger charge is -2.03. The van der Waals surface area contributed by atoms with Crippen molar-refractivity contribution in [3.05, 3.63) is 57.2 Å². The third kappa shape index (κ3) is 3.12. The molecule has 0 saturated carbocycles. The van der Waals surface area contributed by atoms with Crippen molar-refractivity contribution in [2.75, 3.05) is 0 Å². The second kappa shape index (κ2) is 6.20. The fraction of sp³-hybridized carbons (Fsp3) is 0. The van der Waals surface area contributed by atoms with E-state index in [4.69, 9.17) is 0 Å². The van der Waals surface area contributed by atoms with E-state index in [-0.39, 0.29) is 5.69 Å². The van der Waals surface area contributed by atoms with Gasteiger partial charge in [-0.3, -0.25) is 10.1 Å². The number of halogens is 1. The van der Waals surface area contributed by atoms with E-state index in [0.717, 1.165) is 10.2 Å². The van der Waals surface area contributed by atoms with Crippen molar-refractivity contribution < 1.29 is 4.92 Å². The second-order valence-electron chi connectivity index (χ2n) is 4.06. The van der Waals surface area contributed by atoms with Gasteiger partial charge in [-0.25, -0.2) is 4.98 Å². The third-order valence-corrected chi connectivity index (χ3v) is 4.06. The predicted octanol–water partition coefficient (Wildman–Crippen LogP) is 2.88. The first-order valence-electron chi connectivity index (χ1n) is 5.96. The standard InChI is InChI=1S/C12H7BrN6O2S/c13-8-1-3-9(4-2-8)18-12(15-16-17-18)22-11-6-5-10(7-14-11)19(20)21/h1-7H. The van der Waals surface area contributed by atoms with Gasteiger partial charge in [0.2, 0.25) is 5.16 Å². The fourth-order valence-corrected chi connectivity index (χ4v) is 2.62. The van der Waals surface area contributed by atoms with Gasteiger partial charge in [-0.2, -0.15) is 4.68 Å². The van der Waals surface area contributed by atoms with Gasteiger partial charge in [0.05, 0.1) is 10.6 Å². The first kappa shape index (κ1) is 14.6. The zero-order valence-corrected chi connectivity index (χ0v) is 13.2. The van der Waals surface area contributed by atoms with Gasteiger partial charge in [0.1, 0.15) is 11.2 Å². The van der Waals surface area contributed by atoms with Crippen LogP contribution < -0.4 is 0 Å². The summed E-state index contributed by atoms with van der Waals surface area (Å²) in [4.78, 5) is 14.2. The molecule has 2 heterocycles. The number of hydrogen-bond acceptors (Lipinski definition) is 7. The highest BCUT2D eigenvalue weighted by Gasteiger charge is 2.12. The Bertz CT molecular complexity index is 805. The summed E-state index contributed by atoms with van der Waals surface area (Å²) in [5.41, 5.74) is 0.745. The van der Waals surface area contributed by atoms with Crippen LogP contribution in [-0.2, 0) is 0 Å². The molecule has 110 valence electrons. The quantitative estimate of drug-likeness (QED) is 0.508. The molecule has 0 atom stereocenters. The number of pyridine rings is 1. The zero-order valence-electron chi connectivity index (χ0n) is 10.8. The Morgan fingerprint density at radius 2 is 1.95 bits per heavy atom. The lowest BCUT2D eigenvalue weighted by molar-refractivity contribution is -0.385. The minimum Gasteiger partial charge on any atom is -0.258 e. The van der Waals surface area contributed by atoms with Crippen molar-refractivity contribution in [3.63, 3.8) is 0 Å². The highest BCUT2D eigenvalue weighted by molar-refractivity contribution is 9.10. The van der Waals surface area contributed by atoms with E-state index in [0.29, 0.717) is 10.2 Å². The van der Waals surface area contributed by atoms with Gasteiger partial charge in [0.25, 0.3) is 5.69 Å². The molecule has 1 aromatic carbocycles. The van der Waals surface area contributed by atoms with Crippen molar-refractivity contribution in [2.24, 2.45) is 0 Å². The summed E-state index contributed by atoms with van der Waals surface area (Å²) in [7, 11) is 0. The van der Waals surface area contributed by atoms with E-state index in [1.807, 2.05) is 24.3 Å². The molecule has 3 rings (SSSR count). The van der Waals surface area contributed by atoms with Crippen LogP contribution in [0.5, 0.6) is 0 Å². The highest BCUT2D eigenvalue weighted by Crippen LogP contribution is 2.26. The number of rotatable bonds is 4. The molecule has 0 radical (unpaired) electrons. The monoisotopic (exact) mass is 378 g/mol. The lowest BCUT2D eigenvalue weighted by atomic mass is 10.3. The predicted molar refractivity (Wildman–Crippen MR) is 81.9 cm³/mol. The molecule has 3 aromatic rings. The average molecular weight is 379 g/mol. The number of aromatic nitrogens is 5. The SMILES string of the molecule is O=[N+]([O-])c1ccc(Sc2nnnn2-c2ccc(Br)cc2)nc1. The van der Waals surface area contributed by atoms with E-state index < -0.39 is 4.92 Å². The Kier molecular flexibility index (Phi) is 4.11. The maximum atomic E-state index is 10.6. The molecule has 0 spiro atoms. The average Bonchev–Trinajstić information content (AvgIpc) is 2.97. The molecule has 2 aromatic heterocycles. The maximum absolute atomic E-state index is 10.6. The number of nitro groups is 1. The summed E-state index contributed by atoms with van der Waals surface area (Å²) in [6.45, 7) is 0. The van der Waals surface area contributed by atoms with Crippen molar-refractivity contribution in [1.29, 1.82) is 0 Å². The Labute approximate surface area is 136 Å². The normalized spacial score (nSPS) is 10.6. The van der Waals surface area contributed by atoms with Gasteiger partial charge >= 0.3 is 0 Å². The first-order valence-corrected chi connectivity index (χ1v) is 7.57. The van der Waals surface area contributed by atoms with Crippen molar-refractivity contribution >= 4 is 33.4 Å². The van der Waals surface area contributed by atoms with Crippen molar-refractivity contribution in [2.45, 2.75) is 10.2 Å². The summed E-state index contributed by atoms with van der Waals surface area (Å²) < 4.78 is 2.52. The molecular formula is C12H7BrN6O2S. The zero-order chi connectivity index (χ0) is 15.5. The summed E-state index contributed by atoms with van der Waals surface area (Å²) in [5.74, 6) is 0. The van der Waals surface area contributed by atoms with Crippen LogP contribution in [0.1, 0.15) is 0 Å². The summed E-state index contributed by atoms with van der Waals surface area (Å²) in [5, 5.41) is 23.2. The largest absolute Gasteiger partial charge is 0.287 e. The lowest BCUT2D eigenvalue weighted by Crippen LogP contribution is -1.98. The second-order valence-corrected chi connectivity index (χ2v) is 5.97. The van der Waals surface area contributed by atoms with E-state index >= 15 is 0 Å². The van der Waals surface area contributed by atoms with Crippen molar-refractivity contribution in [3.8, 4) is 5.69 Å². The first-order chi connectivity index (χ1) is 10.6. The molecule has 0 unspecified atom stereocenters. The number of hydrogen-bond donors (Lipinski definition) is 0. The minimum atomic E-state index is -0.493. The maximum Gasteiger partial charge on any atom is 0.287 e. The topological polar surface area (TPSA) is 99.6 Å². The summed E-state index contributed by atoms with van der Waals surface area (Å²) >= 11 is 4.59. The Balaban J connectivity index is 1.86. The van der Waals surface area contributed by atoms with Gasteiger partial charge in [-0.1, -0.05) is 15.9 Å². The molecule has 0 aliphatic heterocycles. The molecule has 0 aliphatic carbocycles. The van der Waals surface area contributed by atoms with Crippen molar-refractivity contribution in [1.82, 2.24) is 25.2 Å². The van der Waals surface area contributed by atoms with E-state index in [1.54, 1.807) is 10.7 Å². The van der Waals surface area contributed by atoms with E-state index in [1.165, 1.54) is 24.0 Å². The molecule has 0 amide bonds. The van der Waals surface area contributed by atoms with Crippen LogP contribution >= 0.6 is 27.7 Å². The fourth-order valence-electron chi connectivity index (χ4n) is 1.62. The minimum absolute atomic E-state index is 0.0585. The Morgan fingerprint density at radius 3 is 2.59 bits per heavy atom. The molecule has 0 aliphatic rings. The van der Waals surface area contributed by atoms with Crippen LogP contribution in [0.2, 0.25) is 0 Å². The van der Waals surface area contributed by atoms with Gasteiger partial charge in [0, 0.05) is 10.5 Å². The molecule has 8 nitrogen and oxygen atoms in total. The third-order valence-electron chi connectivity index (χ3n) is 2.64. The number of tetrazole rings is 1. The summed E-state index contributed by atoms with van der Waals surface area (Å²) in [6.07, 6.45) is 1.20. The molecule has 0 saturated heterocycles. The number of benzene rings is 1.